The van der Waals surface area contributed by atoms with Crippen LogP contribution in [0.1, 0.15) is 38.8 Å². The normalized spacial score (nSPS) is 11.4. The molecule has 4 nitrogen and oxygen atoms in total. The summed E-state index contributed by atoms with van der Waals surface area (Å²) in [5, 5.41) is 9.58. The number of hydrogen-bond donors (Lipinski definition) is 0. The van der Waals surface area contributed by atoms with Gasteiger partial charge in [0.25, 0.3) is 0 Å². The van der Waals surface area contributed by atoms with Crippen molar-refractivity contribution in [2.24, 2.45) is 0 Å². The fraction of sp³-hybridized carbons (Fsp3) is 0.318. The van der Waals surface area contributed by atoms with E-state index in [0.29, 0.717) is 5.57 Å². The van der Waals surface area contributed by atoms with E-state index in [1.54, 1.807) is 7.11 Å². The average Bonchev–Trinajstić information content (AvgIpc) is 2.58. The summed E-state index contributed by atoms with van der Waals surface area (Å²) in [5.41, 5.74) is 2.24. The van der Waals surface area contributed by atoms with Crippen LogP contribution in [0.15, 0.2) is 42.5 Å². The summed E-state index contributed by atoms with van der Waals surface area (Å²) in [5.74, 6) is 2.19. The zero-order valence-electron chi connectivity index (χ0n) is 15.9. The first-order chi connectivity index (χ1) is 12.4. The van der Waals surface area contributed by atoms with E-state index < -0.39 is 0 Å². The molecule has 0 aliphatic rings. The van der Waals surface area contributed by atoms with Gasteiger partial charge in [-0.1, -0.05) is 0 Å². The van der Waals surface area contributed by atoms with Gasteiger partial charge < -0.3 is 14.2 Å². The zero-order chi connectivity index (χ0) is 19.1. The van der Waals surface area contributed by atoms with Gasteiger partial charge in [-0.15, -0.1) is 0 Å². The maximum atomic E-state index is 9.58. The van der Waals surface area contributed by atoms with Crippen molar-refractivity contribution in [3.63, 3.8) is 0 Å². The minimum atomic E-state index is 0.0538. The second kappa shape index (κ2) is 8.96. The zero-order valence-corrected chi connectivity index (χ0v) is 15.9. The molecule has 0 aliphatic heterocycles. The lowest BCUT2D eigenvalue weighted by atomic mass is 10.0. The predicted molar refractivity (Wildman–Crippen MR) is 104 cm³/mol. The Balaban J connectivity index is 2.42. The van der Waals surface area contributed by atoms with Gasteiger partial charge in [-0.25, -0.2) is 0 Å². The number of ether oxygens (including phenoxy) is 3. The Hall–Kier alpha value is -2.93. The molecule has 2 aromatic rings. The highest BCUT2D eigenvalue weighted by molar-refractivity contribution is 5.90. The number of methoxy groups -OCH3 is 1. The Kier molecular flexibility index (Phi) is 6.68. The molecule has 0 amide bonds. The number of benzene rings is 2. The number of hydrogen-bond acceptors (Lipinski definition) is 4. The molecule has 0 saturated heterocycles. The van der Waals surface area contributed by atoms with Gasteiger partial charge in [0.05, 0.1) is 31.0 Å². The quantitative estimate of drug-likeness (QED) is 0.499. The standard InChI is InChI=1S/C22H25NO3/c1-15(2)25-21-11-17(12-22(13-21)26-16(3)4)10-19(14-23)18-6-8-20(24-5)9-7-18/h6-13,15-16H,1-5H3/b19-10+. The largest absolute Gasteiger partial charge is 0.497 e. The van der Waals surface area contributed by atoms with E-state index >= 15 is 0 Å². The lowest BCUT2D eigenvalue weighted by Crippen LogP contribution is -2.08. The Labute approximate surface area is 155 Å². The van der Waals surface area contributed by atoms with Crippen LogP contribution in [0.5, 0.6) is 17.2 Å². The highest BCUT2D eigenvalue weighted by Gasteiger charge is 2.08. The molecule has 0 spiro atoms. The molecule has 0 aromatic heterocycles. The van der Waals surface area contributed by atoms with Crippen molar-refractivity contribution in [3.05, 3.63) is 53.6 Å². The van der Waals surface area contributed by atoms with Crippen LogP contribution in [0.4, 0.5) is 0 Å². The van der Waals surface area contributed by atoms with E-state index in [2.05, 4.69) is 6.07 Å². The fourth-order valence-electron chi connectivity index (χ4n) is 2.47. The second-order valence-electron chi connectivity index (χ2n) is 6.47. The summed E-state index contributed by atoms with van der Waals surface area (Å²) in [6.07, 6.45) is 1.94. The molecule has 2 rings (SSSR count). The monoisotopic (exact) mass is 351 g/mol. The molecular weight excluding hydrogens is 326 g/mol. The van der Waals surface area contributed by atoms with Crippen LogP contribution in [-0.4, -0.2) is 19.3 Å². The summed E-state index contributed by atoms with van der Waals surface area (Å²) in [4.78, 5) is 0. The SMILES string of the molecule is COc1ccc(/C(C#N)=C/c2cc(OC(C)C)cc(OC(C)C)c2)cc1. The van der Waals surface area contributed by atoms with E-state index in [0.717, 1.165) is 28.4 Å². The third-order valence-corrected chi connectivity index (χ3v) is 3.48. The molecule has 0 heterocycles. The first-order valence-electron chi connectivity index (χ1n) is 8.66. The summed E-state index contributed by atoms with van der Waals surface area (Å²) in [7, 11) is 1.62. The molecule has 4 heteroatoms. The molecule has 0 N–H and O–H groups in total. The lowest BCUT2D eigenvalue weighted by Gasteiger charge is -2.15. The first kappa shape index (κ1) is 19.4. The van der Waals surface area contributed by atoms with Crippen molar-refractivity contribution in [2.45, 2.75) is 39.9 Å². The van der Waals surface area contributed by atoms with Crippen molar-refractivity contribution >= 4 is 11.6 Å². The first-order valence-corrected chi connectivity index (χ1v) is 8.66. The van der Waals surface area contributed by atoms with Gasteiger partial charge in [-0.2, -0.15) is 5.26 Å². The summed E-state index contributed by atoms with van der Waals surface area (Å²) >= 11 is 0. The Morgan fingerprint density at radius 3 is 1.85 bits per heavy atom. The van der Waals surface area contributed by atoms with Gasteiger partial charge in [-0.05, 0) is 81.3 Å². The van der Waals surface area contributed by atoms with Crippen molar-refractivity contribution < 1.29 is 14.2 Å². The minimum absolute atomic E-state index is 0.0538. The van der Waals surface area contributed by atoms with Crippen LogP contribution in [0.3, 0.4) is 0 Å². The fourth-order valence-corrected chi connectivity index (χ4v) is 2.47. The summed E-state index contributed by atoms with van der Waals surface area (Å²) < 4.78 is 16.8. The average molecular weight is 351 g/mol. The van der Waals surface area contributed by atoms with E-state index in [1.165, 1.54) is 0 Å². The van der Waals surface area contributed by atoms with Crippen molar-refractivity contribution in [1.29, 1.82) is 5.26 Å². The maximum Gasteiger partial charge on any atom is 0.123 e. The van der Waals surface area contributed by atoms with Crippen LogP contribution in [-0.2, 0) is 0 Å². The van der Waals surface area contributed by atoms with Gasteiger partial charge in [0, 0.05) is 6.07 Å². The molecule has 0 aliphatic carbocycles. The van der Waals surface area contributed by atoms with E-state index in [9.17, 15) is 5.26 Å². The molecule has 26 heavy (non-hydrogen) atoms. The van der Waals surface area contributed by atoms with Crippen LogP contribution >= 0.6 is 0 Å². The molecular formula is C22H25NO3. The third-order valence-electron chi connectivity index (χ3n) is 3.48. The van der Waals surface area contributed by atoms with Crippen molar-refractivity contribution in [1.82, 2.24) is 0 Å². The van der Waals surface area contributed by atoms with E-state index in [-0.39, 0.29) is 12.2 Å². The minimum Gasteiger partial charge on any atom is -0.497 e. The van der Waals surface area contributed by atoms with Crippen molar-refractivity contribution in [2.75, 3.05) is 7.11 Å². The van der Waals surface area contributed by atoms with Crippen LogP contribution in [0, 0.1) is 11.3 Å². The Morgan fingerprint density at radius 1 is 0.885 bits per heavy atom. The molecule has 0 bridgehead atoms. The maximum absolute atomic E-state index is 9.58. The Morgan fingerprint density at radius 2 is 1.42 bits per heavy atom. The number of nitriles is 1. The third kappa shape index (κ3) is 5.56. The number of allylic oxidation sites excluding steroid dienone is 1. The van der Waals surface area contributed by atoms with Gasteiger partial charge >= 0.3 is 0 Å². The summed E-state index contributed by atoms with van der Waals surface area (Å²) in [6.45, 7) is 7.90. The molecule has 0 fully saturated rings. The second-order valence-corrected chi connectivity index (χ2v) is 6.47. The van der Waals surface area contributed by atoms with Crippen LogP contribution < -0.4 is 14.2 Å². The predicted octanol–water partition coefficient (Wildman–Crippen LogP) is 5.33. The van der Waals surface area contributed by atoms with Gasteiger partial charge in [0.2, 0.25) is 0 Å². The Bertz CT molecular complexity index is 771. The van der Waals surface area contributed by atoms with Crippen LogP contribution in [0.25, 0.3) is 11.6 Å². The highest BCUT2D eigenvalue weighted by Crippen LogP contribution is 2.28. The van der Waals surface area contributed by atoms with Crippen LogP contribution in [0.2, 0.25) is 0 Å². The van der Waals surface area contributed by atoms with Gasteiger partial charge in [-0.3, -0.25) is 0 Å². The van der Waals surface area contributed by atoms with E-state index in [1.807, 2.05) is 76.2 Å². The lowest BCUT2D eigenvalue weighted by molar-refractivity contribution is 0.229. The molecule has 0 unspecified atom stereocenters. The van der Waals surface area contributed by atoms with Gasteiger partial charge in [0.1, 0.15) is 17.2 Å². The van der Waals surface area contributed by atoms with Gasteiger partial charge in [0.15, 0.2) is 0 Å². The molecule has 0 radical (unpaired) electrons. The smallest absolute Gasteiger partial charge is 0.123 e. The van der Waals surface area contributed by atoms with Crippen molar-refractivity contribution in [3.8, 4) is 23.3 Å². The number of rotatable bonds is 7. The van der Waals surface area contributed by atoms with E-state index in [4.69, 9.17) is 14.2 Å². The molecule has 0 saturated carbocycles. The molecule has 136 valence electrons. The highest BCUT2D eigenvalue weighted by atomic mass is 16.5. The topological polar surface area (TPSA) is 51.5 Å². The molecule has 2 aromatic carbocycles. The number of nitrogens with zero attached hydrogens (tertiary/aromatic N) is 1. The molecule has 0 atom stereocenters. The summed E-state index contributed by atoms with van der Waals surface area (Å²) in [6, 6.07) is 15.4.